The molecule has 0 aliphatic heterocycles. The monoisotopic (exact) mass is 174 g/mol. The predicted molar refractivity (Wildman–Crippen MR) is 54.4 cm³/mol. The molecule has 12 heavy (non-hydrogen) atoms. The van der Waals surface area contributed by atoms with E-state index in [4.69, 9.17) is 0 Å². The summed E-state index contributed by atoms with van der Waals surface area (Å²) in [5.41, 5.74) is 6.19. The molecule has 2 aliphatic carbocycles. The first-order valence-electron chi connectivity index (χ1n) is 4.28. The lowest BCUT2D eigenvalue weighted by Gasteiger charge is -1.98. The number of hydrogen-bond acceptors (Lipinski definition) is 1. The van der Waals surface area contributed by atoms with Crippen molar-refractivity contribution in [2.75, 3.05) is 0 Å². The topological polar surface area (TPSA) is 0 Å². The SMILES string of the molecule is Cc1sc(C)c2c1C1=CC=C2C1. The van der Waals surface area contributed by atoms with Gasteiger partial charge in [0.2, 0.25) is 0 Å². The van der Waals surface area contributed by atoms with E-state index in [1.165, 1.54) is 16.2 Å². The van der Waals surface area contributed by atoms with Crippen LogP contribution in [0.2, 0.25) is 0 Å². The lowest BCUT2D eigenvalue weighted by atomic mass is 10.0. The fourth-order valence-electron chi connectivity index (χ4n) is 2.32. The summed E-state index contributed by atoms with van der Waals surface area (Å²) in [7, 11) is 0. The van der Waals surface area contributed by atoms with E-state index in [9.17, 15) is 0 Å². The Bertz CT molecular complexity index is 392. The minimum atomic E-state index is 1.19. The van der Waals surface area contributed by atoms with Gasteiger partial charge >= 0.3 is 0 Å². The van der Waals surface area contributed by atoms with Crippen molar-refractivity contribution in [1.29, 1.82) is 0 Å². The lowest BCUT2D eigenvalue weighted by molar-refractivity contribution is 1.53. The molecule has 0 nitrogen and oxygen atoms in total. The zero-order chi connectivity index (χ0) is 8.29. The summed E-state index contributed by atoms with van der Waals surface area (Å²) < 4.78 is 0. The van der Waals surface area contributed by atoms with E-state index < -0.39 is 0 Å². The van der Waals surface area contributed by atoms with E-state index >= 15 is 0 Å². The maximum absolute atomic E-state index is 2.27. The maximum Gasteiger partial charge on any atom is 0.00986 e. The summed E-state index contributed by atoms with van der Waals surface area (Å²) in [6.07, 6.45) is 5.74. The normalized spacial score (nSPS) is 17.8. The fourth-order valence-corrected chi connectivity index (χ4v) is 3.45. The van der Waals surface area contributed by atoms with Crippen LogP contribution in [0.3, 0.4) is 0 Å². The molecule has 0 unspecified atom stereocenters. The summed E-state index contributed by atoms with van der Waals surface area (Å²) in [5.74, 6) is 0. The number of fused-ring (bicyclic) bond motifs is 5. The molecule has 3 rings (SSSR count). The Morgan fingerprint density at radius 1 is 1.00 bits per heavy atom. The van der Waals surface area contributed by atoms with Crippen LogP contribution in [0.5, 0.6) is 0 Å². The van der Waals surface area contributed by atoms with Crippen LogP contribution in [0.1, 0.15) is 27.3 Å². The Hall–Kier alpha value is -0.820. The highest BCUT2D eigenvalue weighted by Crippen LogP contribution is 2.50. The average molecular weight is 174 g/mol. The van der Waals surface area contributed by atoms with Crippen LogP contribution >= 0.6 is 11.3 Å². The number of aryl methyl sites for hydroxylation is 2. The number of hydrogen-bond donors (Lipinski definition) is 0. The molecule has 2 bridgehead atoms. The summed E-state index contributed by atoms with van der Waals surface area (Å²) in [5, 5.41) is 0. The molecule has 1 aromatic heterocycles. The predicted octanol–water partition coefficient (Wildman–Crippen LogP) is 3.55. The van der Waals surface area contributed by atoms with Crippen molar-refractivity contribution < 1.29 is 0 Å². The van der Waals surface area contributed by atoms with Crippen LogP contribution in [0.25, 0.3) is 11.1 Å². The van der Waals surface area contributed by atoms with Gasteiger partial charge in [-0.1, -0.05) is 12.2 Å². The van der Waals surface area contributed by atoms with Crippen molar-refractivity contribution in [2.45, 2.75) is 20.3 Å². The standard InChI is InChI=1S/C11H10S/c1-6-10-8-3-4-9(5-8)11(10)7(2)12-6/h3-4H,5H2,1-2H3. The van der Waals surface area contributed by atoms with Gasteiger partial charge in [0.15, 0.2) is 0 Å². The Balaban J connectivity index is 2.44. The van der Waals surface area contributed by atoms with Crippen molar-refractivity contribution in [2.24, 2.45) is 0 Å². The number of thiophene rings is 1. The van der Waals surface area contributed by atoms with E-state index in [2.05, 4.69) is 26.0 Å². The molecule has 0 fully saturated rings. The highest BCUT2D eigenvalue weighted by molar-refractivity contribution is 7.12. The van der Waals surface area contributed by atoms with Crippen molar-refractivity contribution >= 4 is 22.5 Å². The Morgan fingerprint density at radius 2 is 1.50 bits per heavy atom. The summed E-state index contributed by atoms with van der Waals surface area (Å²) in [4.78, 5) is 2.99. The molecular weight excluding hydrogens is 164 g/mol. The molecule has 0 saturated carbocycles. The van der Waals surface area contributed by atoms with Crippen molar-refractivity contribution in [1.82, 2.24) is 0 Å². The quantitative estimate of drug-likeness (QED) is 0.564. The Kier molecular flexibility index (Phi) is 1.06. The van der Waals surface area contributed by atoms with Crippen LogP contribution in [-0.4, -0.2) is 0 Å². The molecule has 0 amide bonds. The lowest BCUT2D eigenvalue weighted by Crippen LogP contribution is -1.80. The molecule has 0 N–H and O–H groups in total. The van der Waals surface area contributed by atoms with Crippen LogP contribution in [0.4, 0.5) is 0 Å². The van der Waals surface area contributed by atoms with Gasteiger partial charge in [-0.05, 0) is 42.5 Å². The smallest absolute Gasteiger partial charge is 0.00986 e. The minimum Gasteiger partial charge on any atom is -0.145 e. The zero-order valence-corrected chi connectivity index (χ0v) is 8.09. The summed E-state index contributed by atoms with van der Waals surface area (Å²) in [6, 6.07) is 0. The van der Waals surface area contributed by atoms with E-state index in [0.717, 1.165) is 0 Å². The molecule has 0 radical (unpaired) electrons. The van der Waals surface area contributed by atoms with Crippen LogP contribution in [0, 0.1) is 13.8 Å². The molecule has 0 saturated heterocycles. The molecule has 1 aromatic rings. The molecule has 60 valence electrons. The first-order chi connectivity index (χ1) is 5.77. The van der Waals surface area contributed by atoms with E-state index in [0.29, 0.717) is 0 Å². The van der Waals surface area contributed by atoms with Crippen LogP contribution in [-0.2, 0) is 0 Å². The van der Waals surface area contributed by atoms with Crippen molar-refractivity contribution in [3.8, 4) is 0 Å². The van der Waals surface area contributed by atoms with Gasteiger partial charge in [-0.25, -0.2) is 0 Å². The van der Waals surface area contributed by atoms with Crippen molar-refractivity contribution in [3.63, 3.8) is 0 Å². The first kappa shape index (κ1) is 6.67. The largest absolute Gasteiger partial charge is 0.145 e. The molecule has 0 aromatic carbocycles. The molecular formula is C11H10S. The van der Waals surface area contributed by atoms with Crippen molar-refractivity contribution in [3.05, 3.63) is 33.0 Å². The van der Waals surface area contributed by atoms with E-state index in [-0.39, 0.29) is 0 Å². The molecule has 0 spiro atoms. The highest BCUT2D eigenvalue weighted by Gasteiger charge is 2.28. The minimum absolute atomic E-state index is 1.19. The second-order valence-corrected chi connectivity index (χ2v) is 4.95. The van der Waals surface area contributed by atoms with E-state index in [1.54, 1.807) is 22.3 Å². The third kappa shape index (κ3) is 0.593. The number of allylic oxidation sites excluding steroid dienone is 4. The van der Waals surface area contributed by atoms with Crippen LogP contribution < -0.4 is 0 Å². The van der Waals surface area contributed by atoms with Gasteiger partial charge in [0, 0.05) is 9.75 Å². The molecule has 2 aliphatic rings. The number of rotatable bonds is 0. The summed E-state index contributed by atoms with van der Waals surface area (Å²) in [6.45, 7) is 4.47. The molecule has 1 heterocycles. The van der Waals surface area contributed by atoms with Gasteiger partial charge in [-0.3, -0.25) is 0 Å². The Labute approximate surface area is 76.2 Å². The molecule has 1 heteroatoms. The van der Waals surface area contributed by atoms with Gasteiger partial charge in [0.25, 0.3) is 0 Å². The van der Waals surface area contributed by atoms with Crippen LogP contribution in [0.15, 0.2) is 12.2 Å². The van der Waals surface area contributed by atoms with Gasteiger partial charge in [0.05, 0.1) is 0 Å². The zero-order valence-electron chi connectivity index (χ0n) is 7.27. The fraction of sp³-hybridized carbons (Fsp3) is 0.273. The first-order valence-corrected chi connectivity index (χ1v) is 5.09. The maximum atomic E-state index is 2.27. The van der Waals surface area contributed by atoms with E-state index in [1.807, 2.05) is 11.3 Å². The second-order valence-electron chi connectivity index (χ2n) is 3.53. The molecule has 0 atom stereocenters. The highest BCUT2D eigenvalue weighted by atomic mass is 32.1. The average Bonchev–Trinajstić information content (AvgIpc) is 2.64. The summed E-state index contributed by atoms with van der Waals surface area (Å²) >= 11 is 1.94. The Morgan fingerprint density at radius 3 is 2.00 bits per heavy atom. The third-order valence-corrected chi connectivity index (χ3v) is 3.79. The second kappa shape index (κ2) is 1.91. The third-order valence-electron chi connectivity index (χ3n) is 2.77. The van der Waals surface area contributed by atoms with Gasteiger partial charge in [0.1, 0.15) is 0 Å². The van der Waals surface area contributed by atoms with Gasteiger partial charge in [-0.15, -0.1) is 11.3 Å². The van der Waals surface area contributed by atoms with Gasteiger partial charge in [-0.2, -0.15) is 0 Å². The van der Waals surface area contributed by atoms with Gasteiger partial charge < -0.3 is 0 Å².